The number of aromatic nitrogens is 6. The molecule has 14 heteroatoms. The van der Waals surface area contributed by atoms with Gasteiger partial charge in [0.1, 0.15) is 20.0 Å². The lowest BCUT2D eigenvalue weighted by atomic mass is 9.82. The third-order valence-corrected chi connectivity index (χ3v) is 8.90. The zero-order valence-electron chi connectivity index (χ0n) is 17.8. The number of carbonyl (C=O) groups excluding carboxylic acids is 2. The number of anilines is 2. The fourth-order valence-corrected chi connectivity index (χ4v) is 6.86. The number of nitrogens with one attached hydrogen (secondary N) is 2. The Labute approximate surface area is 210 Å². The van der Waals surface area contributed by atoms with Gasteiger partial charge in [0.2, 0.25) is 22.1 Å². The zero-order valence-corrected chi connectivity index (χ0v) is 21.1. The van der Waals surface area contributed by atoms with Crippen molar-refractivity contribution in [2.75, 3.05) is 10.6 Å². The number of hydrogen-bond donors (Lipinski definition) is 2. The van der Waals surface area contributed by atoms with Crippen LogP contribution < -0.4 is 10.6 Å². The Hall–Kier alpha value is -2.68. The number of amides is 2. The minimum absolute atomic E-state index is 0.141. The average Bonchev–Trinajstić information content (AvgIpc) is 3.63. The van der Waals surface area contributed by atoms with Crippen LogP contribution >= 0.6 is 45.3 Å². The fraction of sp³-hybridized carbons (Fsp3) is 0.400. The van der Waals surface area contributed by atoms with Gasteiger partial charge < -0.3 is 10.6 Å². The van der Waals surface area contributed by atoms with E-state index in [-0.39, 0.29) is 36.5 Å². The molecule has 4 aromatic heterocycles. The zero-order chi connectivity index (χ0) is 23.3. The van der Waals surface area contributed by atoms with Crippen LogP contribution in [0.2, 0.25) is 0 Å². The summed E-state index contributed by atoms with van der Waals surface area (Å²) in [6.07, 6.45) is 7.83. The first-order chi connectivity index (χ1) is 16.6. The van der Waals surface area contributed by atoms with Crippen LogP contribution in [0.4, 0.5) is 10.3 Å². The lowest BCUT2D eigenvalue weighted by Crippen LogP contribution is -2.14. The lowest BCUT2D eigenvalue weighted by molar-refractivity contribution is -0.116. The summed E-state index contributed by atoms with van der Waals surface area (Å²) in [5, 5.41) is 30.8. The van der Waals surface area contributed by atoms with E-state index >= 15 is 0 Å². The van der Waals surface area contributed by atoms with Crippen molar-refractivity contribution in [3.05, 3.63) is 43.2 Å². The predicted octanol–water partition coefficient (Wildman–Crippen LogP) is 4.11. The van der Waals surface area contributed by atoms with E-state index in [4.69, 9.17) is 0 Å². The second kappa shape index (κ2) is 10.7. The van der Waals surface area contributed by atoms with Gasteiger partial charge in [-0.05, 0) is 19.3 Å². The van der Waals surface area contributed by atoms with Gasteiger partial charge in [0.25, 0.3) is 0 Å². The standard InChI is InChI=1S/C20H20N8O2S4/c29-13(9-15-21-4-6-31-15)23-19-27-25-17(33-19)11-2-1-3-12(8-11)18-26-28-20(34-18)24-14(30)10-16-22-5-7-32-16/h4-7,11-12H,1-3,8-10H2,(H,23,27,29)(H,24,28,30). The largest absolute Gasteiger partial charge is 0.300 e. The molecule has 0 radical (unpaired) electrons. The van der Waals surface area contributed by atoms with E-state index in [0.717, 1.165) is 45.7 Å². The Morgan fingerprint density at radius 3 is 1.74 bits per heavy atom. The minimum Gasteiger partial charge on any atom is -0.300 e. The average molecular weight is 533 g/mol. The van der Waals surface area contributed by atoms with Crippen molar-refractivity contribution >= 4 is 67.4 Å². The Morgan fingerprint density at radius 1 is 0.794 bits per heavy atom. The highest BCUT2D eigenvalue weighted by Crippen LogP contribution is 2.43. The van der Waals surface area contributed by atoms with E-state index < -0.39 is 0 Å². The van der Waals surface area contributed by atoms with Gasteiger partial charge in [0, 0.05) is 35.0 Å². The normalized spacial score (nSPS) is 18.0. The Bertz CT molecular complexity index is 1140. The third-order valence-electron chi connectivity index (χ3n) is 5.34. The highest BCUT2D eigenvalue weighted by atomic mass is 32.1. The van der Waals surface area contributed by atoms with E-state index in [2.05, 4.69) is 41.0 Å². The highest BCUT2D eigenvalue weighted by Gasteiger charge is 2.29. The SMILES string of the molecule is O=C(Cc1nccs1)Nc1nnc(C2CCCC(c3nnc(NC(=O)Cc4nccs4)s3)C2)s1. The van der Waals surface area contributed by atoms with Gasteiger partial charge in [-0.25, -0.2) is 9.97 Å². The summed E-state index contributed by atoms with van der Waals surface area (Å²) < 4.78 is 0. The molecule has 4 heterocycles. The van der Waals surface area contributed by atoms with Crippen LogP contribution in [0, 0.1) is 0 Å². The smallest absolute Gasteiger partial charge is 0.233 e. The first-order valence-corrected chi connectivity index (χ1v) is 14.0. The van der Waals surface area contributed by atoms with Crippen molar-refractivity contribution < 1.29 is 9.59 Å². The third kappa shape index (κ3) is 5.87. The number of rotatable bonds is 8. The number of thiazole rings is 2. The molecule has 176 valence electrons. The van der Waals surface area contributed by atoms with Crippen LogP contribution in [0.15, 0.2) is 23.2 Å². The summed E-state index contributed by atoms with van der Waals surface area (Å²) in [5.74, 6) is 0.232. The molecule has 1 aliphatic rings. The second-order valence-corrected chi connectivity index (χ2v) is 11.7. The molecule has 5 rings (SSSR count). The van der Waals surface area contributed by atoms with Crippen LogP contribution in [-0.4, -0.2) is 42.2 Å². The summed E-state index contributed by atoms with van der Waals surface area (Å²) in [4.78, 5) is 32.7. The van der Waals surface area contributed by atoms with Gasteiger partial charge in [0.05, 0.1) is 12.8 Å². The van der Waals surface area contributed by atoms with Gasteiger partial charge in [-0.15, -0.1) is 43.1 Å². The Balaban J connectivity index is 1.16. The molecule has 2 atom stereocenters. The van der Waals surface area contributed by atoms with Crippen LogP contribution in [0.1, 0.15) is 57.5 Å². The minimum atomic E-state index is -0.141. The molecule has 2 unspecified atom stereocenters. The number of carbonyl (C=O) groups is 2. The summed E-state index contributed by atoms with van der Waals surface area (Å²) in [7, 11) is 0. The molecule has 0 saturated heterocycles. The van der Waals surface area contributed by atoms with E-state index in [1.807, 2.05) is 10.8 Å². The van der Waals surface area contributed by atoms with E-state index in [1.165, 1.54) is 45.3 Å². The molecular weight excluding hydrogens is 513 g/mol. The second-order valence-electron chi connectivity index (χ2n) is 7.75. The van der Waals surface area contributed by atoms with Crippen molar-refractivity contribution in [1.29, 1.82) is 0 Å². The molecule has 2 amide bonds. The maximum Gasteiger partial charge on any atom is 0.233 e. The molecule has 1 saturated carbocycles. The number of hydrogen-bond acceptors (Lipinski definition) is 12. The molecule has 10 nitrogen and oxygen atoms in total. The van der Waals surface area contributed by atoms with E-state index in [0.29, 0.717) is 10.3 Å². The molecule has 1 aliphatic carbocycles. The van der Waals surface area contributed by atoms with E-state index in [1.54, 1.807) is 12.4 Å². The molecule has 0 spiro atoms. The molecular formula is C20H20N8O2S4. The van der Waals surface area contributed by atoms with Gasteiger partial charge >= 0.3 is 0 Å². The van der Waals surface area contributed by atoms with Crippen molar-refractivity contribution in [1.82, 2.24) is 30.4 Å². The molecule has 0 aromatic carbocycles. The summed E-state index contributed by atoms with van der Waals surface area (Å²) in [6.45, 7) is 0. The van der Waals surface area contributed by atoms with Crippen molar-refractivity contribution in [3.8, 4) is 0 Å². The van der Waals surface area contributed by atoms with Crippen molar-refractivity contribution in [3.63, 3.8) is 0 Å². The highest BCUT2D eigenvalue weighted by molar-refractivity contribution is 7.16. The van der Waals surface area contributed by atoms with Crippen molar-refractivity contribution in [2.24, 2.45) is 0 Å². The molecule has 4 aromatic rings. The molecule has 2 N–H and O–H groups in total. The fourth-order valence-electron chi connectivity index (χ4n) is 3.82. The first-order valence-electron chi connectivity index (χ1n) is 10.7. The van der Waals surface area contributed by atoms with Crippen LogP contribution in [0.25, 0.3) is 0 Å². The van der Waals surface area contributed by atoms with Gasteiger partial charge in [-0.2, -0.15) is 0 Å². The molecule has 34 heavy (non-hydrogen) atoms. The molecule has 1 fully saturated rings. The Morgan fingerprint density at radius 2 is 1.29 bits per heavy atom. The van der Waals surface area contributed by atoms with Gasteiger partial charge in [-0.3, -0.25) is 9.59 Å². The van der Waals surface area contributed by atoms with Gasteiger partial charge in [0.15, 0.2) is 0 Å². The van der Waals surface area contributed by atoms with Crippen molar-refractivity contribution in [2.45, 2.75) is 50.4 Å². The predicted molar refractivity (Wildman–Crippen MR) is 133 cm³/mol. The maximum absolute atomic E-state index is 12.2. The Kier molecular flexibility index (Phi) is 7.27. The van der Waals surface area contributed by atoms with Gasteiger partial charge in [-0.1, -0.05) is 29.1 Å². The molecule has 0 bridgehead atoms. The lowest BCUT2D eigenvalue weighted by Gasteiger charge is -2.25. The summed E-state index contributed by atoms with van der Waals surface area (Å²) in [6, 6.07) is 0. The van der Waals surface area contributed by atoms with Crippen LogP contribution in [0.5, 0.6) is 0 Å². The maximum atomic E-state index is 12.2. The first kappa shape index (κ1) is 23.1. The summed E-state index contributed by atoms with van der Waals surface area (Å²) in [5.41, 5.74) is 0. The monoisotopic (exact) mass is 532 g/mol. The van der Waals surface area contributed by atoms with Crippen LogP contribution in [0.3, 0.4) is 0 Å². The topological polar surface area (TPSA) is 136 Å². The quantitative estimate of drug-likeness (QED) is 0.346. The van der Waals surface area contributed by atoms with E-state index in [9.17, 15) is 9.59 Å². The van der Waals surface area contributed by atoms with Crippen LogP contribution in [-0.2, 0) is 22.4 Å². The molecule has 0 aliphatic heterocycles. The summed E-state index contributed by atoms with van der Waals surface area (Å²) >= 11 is 5.76. The number of nitrogens with zero attached hydrogens (tertiary/aromatic N) is 6.